The number of sulfonamides is 1. The number of thiophene rings is 1. The first kappa shape index (κ1) is 21.3. The normalized spacial score (nSPS) is 11.7. The highest BCUT2D eigenvalue weighted by molar-refractivity contribution is 7.89. The minimum absolute atomic E-state index is 0.181. The van der Waals surface area contributed by atoms with Gasteiger partial charge >= 0.3 is 0 Å². The molecule has 0 N–H and O–H groups in total. The van der Waals surface area contributed by atoms with E-state index in [2.05, 4.69) is 0 Å². The van der Waals surface area contributed by atoms with Gasteiger partial charge in [0.2, 0.25) is 10.0 Å². The quantitative estimate of drug-likeness (QED) is 0.508. The van der Waals surface area contributed by atoms with Gasteiger partial charge in [0, 0.05) is 25.2 Å². The summed E-state index contributed by atoms with van der Waals surface area (Å²) >= 11 is 1.58. The Hall–Kier alpha value is -2.42. The second-order valence-electron chi connectivity index (χ2n) is 6.49. The highest BCUT2D eigenvalue weighted by Crippen LogP contribution is 2.20. The van der Waals surface area contributed by atoms with Gasteiger partial charge in [-0.15, -0.1) is 0 Å². The fourth-order valence-electron chi connectivity index (χ4n) is 3.06. The standard InChI is InChI=1S/C21H24N2O4S2/c1-3-23(4-2)29(25,26)20-9-7-18(8-10-20)21(24)22(14-17-11-13-28-16-17)15-19-6-5-12-27-19/h5-13,16H,3-4,14-15H2,1-2H3. The summed E-state index contributed by atoms with van der Waals surface area (Å²) in [5.41, 5.74) is 1.47. The van der Waals surface area contributed by atoms with Gasteiger partial charge in [0.05, 0.1) is 17.7 Å². The zero-order valence-corrected chi connectivity index (χ0v) is 18.1. The number of rotatable bonds is 9. The minimum atomic E-state index is -3.55. The molecule has 154 valence electrons. The summed E-state index contributed by atoms with van der Waals surface area (Å²) in [6.45, 7) is 5.18. The van der Waals surface area contributed by atoms with Crippen LogP contribution in [0.2, 0.25) is 0 Å². The van der Waals surface area contributed by atoms with E-state index in [1.165, 1.54) is 16.4 Å². The molecule has 0 aliphatic carbocycles. The van der Waals surface area contributed by atoms with Crippen molar-refractivity contribution in [2.75, 3.05) is 13.1 Å². The van der Waals surface area contributed by atoms with Gasteiger partial charge in [-0.2, -0.15) is 15.6 Å². The first-order chi connectivity index (χ1) is 14.0. The number of hydrogen-bond acceptors (Lipinski definition) is 5. The predicted molar refractivity (Wildman–Crippen MR) is 113 cm³/mol. The molecule has 1 aromatic carbocycles. The van der Waals surface area contributed by atoms with Crippen LogP contribution in [0.15, 0.2) is 68.8 Å². The first-order valence-electron chi connectivity index (χ1n) is 9.38. The fraction of sp³-hybridized carbons (Fsp3) is 0.286. The Morgan fingerprint density at radius 3 is 2.31 bits per heavy atom. The maximum absolute atomic E-state index is 13.1. The topological polar surface area (TPSA) is 70.8 Å². The van der Waals surface area contributed by atoms with Crippen molar-refractivity contribution in [2.45, 2.75) is 31.8 Å². The monoisotopic (exact) mass is 432 g/mol. The number of nitrogens with zero attached hydrogens (tertiary/aromatic N) is 2. The number of carbonyl (C=O) groups excluding carboxylic acids is 1. The van der Waals surface area contributed by atoms with E-state index in [4.69, 9.17) is 4.42 Å². The number of amides is 1. The molecular formula is C21H24N2O4S2. The molecule has 0 saturated heterocycles. The molecule has 0 saturated carbocycles. The van der Waals surface area contributed by atoms with Crippen LogP contribution in [-0.2, 0) is 23.1 Å². The van der Waals surface area contributed by atoms with Crippen LogP contribution in [0.1, 0.15) is 35.5 Å². The molecule has 3 aromatic rings. The van der Waals surface area contributed by atoms with E-state index >= 15 is 0 Å². The summed E-state index contributed by atoms with van der Waals surface area (Å²) in [5, 5.41) is 3.97. The molecule has 1 amide bonds. The van der Waals surface area contributed by atoms with Crippen LogP contribution in [-0.4, -0.2) is 36.6 Å². The molecule has 0 bridgehead atoms. The minimum Gasteiger partial charge on any atom is -0.467 e. The molecule has 0 spiro atoms. The summed E-state index contributed by atoms with van der Waals surface area (Å²) in [4.78, 5) is 15.0. The maximum atomic E-state index is 13.1. The Balaban J connectivity index is 1.83. The Labute approximate surface area is 175 Å². The highest BCUT2D eigenvalue weighted by Gasteiger charge is 2.23. The van der Waals surface area contributed by atoms with Gasteiger partial charge < -0.3 is 9.32 Å². The lowest BCUT2D eigenvalue weighted by molar-refractivity contribution is 0.0718. The smallest absolute Gasteiger partial charge is 0.254 e. The molecule has 8 heteroatoms. The van der Waals surface area contributed by atoms with Crippen molar-refractivity contribution >= 4 is 27.3 Å². The third-order valence-corrected chi connectivity index (χ3v) is 7.41. The maximum Gasteiger partial charge on any atom is 0.254 e. The SMILES string of the molecule is CCN(CC)S(=O)(=O)c1ccc(C(=O)N(Cc2ccsc2)Cc2ccco2)cc1. The third-order valence-electron chi connectivity index (χ3n) is 4.61. The molecule has 6 nitrogen and oxygen atoms in total. The van der Waals surface area contributed by atoms with Crippen molar-refractivity contribution < 1.29 is 17.6 Å². The largest absolute Gasteiger partial charge is 0.467 e. The average Bonchev–Trinajstić information content (AvgIpc) is 3.42. The summed E-state index contributed by atoms with van der Waals surface area (Å²) in [7, 11) is -3.55. The summed E-state index contributed by atoms with van der Waals surface area (Å²) in [6.07, 6.45) is 1.58. The van der Waals surface area contributed by atoms with Gasteiger partial charge in [0.25, 0.3) is 5.91 Å². The van der Waals surface area contributed by atoms with E-state index in [-0.39, 0.29) is 10.8 Å². The first-order valence-corrected chi connectivity index (χ1v) is 11.8. The van der Waals surface area contributed by atoms with Gasteiger partial charge in [-0.05, 0) is 58.8 Å². The zero-order valence-electron chi connectivity index (χ0n) is 16.4. The number of benzene rings is 1. The average molecular weight is 433 g/mol. The van der Waals surface area contributed by atoms with Gasteiger partial charge in [0.15, 0.2) is 0 Å². The van der Waals surface area contributed by atoms with E-state index in [0.717, 1.165) is 5.56 Å². The molecule has 0 atom stereocenters. The molecular weight excluding hydrogens is 408 g/mol. The van der Waals surface area contributed by atoms with Crippen molar-refractivity contribution in [3.8, 4) is 0 Å². The summed E-state index contributed by atoms with van der Waals surface area (Å²) in [6, 6.07) is 11.7. The molecule has 2 aromatic heterocycles. The Morgan fingerprint density at radius 2 is 1.76 bits per heavy atom. The number of hydrogen-bond donors (Lipinski definition) is 0. The predicted octanol–water partition coefficient (Wildman–Crippen LogP) is 4.21. The van der Waals surface area contributed by atoms with E-state index < -0.39 is 10.0 Å². The van der Waals surface area contributed by atoms with Crippen molar-refractivity contribution in [1.29, 1.82) is 0 Å². The zero-order chi connectivity index (χ0) is 20.9. The molecule has 2 heterocycles. The number of carbonyl (C=O) groups is 1. The second kappa shape index (κ2) is 9.39. The van der Waals surface area contributed by atoms with Crippen LogP contribution in [0.5, 0.6) is 0 Å². The fourth-order valence-corrected chi connectivity index (χ4v) is 5.18. The lowest BCUT2D eigenvalue weighted by atomic mass is 10.2. The highest BCUT2D eigenvalue weighted by atomic mass is 32.2. The molecule has 0 aliphatic rings. The molecule has 0 radical (unpaired) electrons. The van der Waals surface area contributed by atoms with Gasteiger partial charge in [-0.25, -0.2) is 8.42 Å². The van der Waals surface area contributed by atoms with Crippen LogP contribution in [0.25, 0.3) is 0 Å². The van der Waals surface area contributed by atoms with Crippen molar-refractivity contribution in [3.05, 3.63) is 76.4 Å². The molecule has 0 unspecified atom stereocenters. The van der Waals surface area contributed by atoms with E-state index in [1.807, 2.05) is 22.9 Å². The van der Waals surface area contributed by atoms with Gasteiger partial charge in [-0.1, -0.05) is 13.8 Å². The number of furan rings is 1. The van der Waals surface area contributed by atoms with Crippen molar-refractivity contribution in [3.63, 3.8) is 0 Å². The lowest BCUT2D eigenvalue weighted by Gasteiger charge is -2.22. The second-order valence-corrected chi connectivity index (χ2v) is 9.20. The van der Waals surface area contributed by atoms with Gasteiger partial charge in [-0.3, -0.25) is 4.79 Å². The Bertz CT molecular complexity index is 971. The van der Waals surface area contributed by atoms with E-state index in [9.17, 15) is 13.2 Å². The van der Waals surface area contributed by atoms with Crippen molar-refractivity contribution in [1.82, 2.24) is 9.21 Å². The van der Waals surface area contributed by atoms with Crippen LogP contribution in [0, 0.1) is 0 Å². The van der Waals surface area contributed by atoms with E-state index in [0.29, 0.717) is 37.5 Å². The lowest BCUT2D eigenvalue weighted by Crippen LogP contribution is -2.31. The van der Waals surface area contributed by atoms with Crippen LogP contribution < -0.4 is 0 Å². The third kappa shape index (κ3) is 4.95. The van der Waals surface area contributed by atoms with E-state index in [1.54, 1.807) is 54.5 Å². The molecule has 29 heavy (non-hydrogen) atoms. The summed E-state index contributed by atoms with van der Waals surface area (Å²) in [5.74, 6) is 0.508. The van der Waals surface area contributed by atoms with Crippen molar-refractivity contribution in [2.24, 2.45) is 0 Å². The summed E-state index contributed by atoms with van der Waals surface area (Å²) < 4.78 is 32.1. The van der Waals surface area contributed by atoms with Crippen LogP contribution >= 0.6 is 11.3 Å². The Kier molecular flexibility index (Phi) is 6.89. The molecule has 3 rings (SSSR count). The molecule has 0 aliphatic heterocycles. The van der Waals surface area contributed by atoms with Crippen LogP contribution in [0.4, 0.5) is 0 Å². The Morgan fingerprint density at radius 1 is 1.03 bits per heavy atom. The molecule has 0 fully saturated rings. The van der Waals surface area contributed by atoms with Crippen LogP contribution in [0.3, 0.4) is 0 Å². The van der Waals surface area contributed by atoms with Gasteiger partial charge in [0.1, 0.15) is 5.76 Å².